The van der Waals surface area contributed by atoms with E-state index in [1.165, 1.54) is 24.3 Å². The van der Waals surface area contributed by atoms with Crippen LogP contribution in [0.15, 0.2) is 24.3 Å². The monoisotopic (exact) mass is 243 g/mol. The number of rotatable bonds is 4. The Hall–Kier alpha value is -0.940. The lowest BCUT2D eigenvalue weighted by molar-refractivity contribution is 0.378. The van der Waals surface area contributed by atoms with E-state index < -0.39 is 9.84 Å². The molecular formula is C11H14FNO2S. The maximum absolute atomic E-state index is 12.6. The van der Waals surface area contributed by atoms with Crippen LogP contribution in [0.3, 0.4) is 0 Å². The molecule has 1 aliphatic heterocycles. The zero-order chi connectivity index (χ0) is 11.6. The summed E-state index contributed by atoms with van der Waals surface area (Å²) in [4.78, 5) is 0. The third kappa shape index (κ3) is 3.02. The van der Waals surface area contributed by atoms with Crippen LogP contribution >= 0.6 is 0 Å². The van der Waals surface area contributed by atoms with Gasteiger partial charge in [0.15, 0.2) is 9.84 Å². The maximum Gasteiger partial charge on any atom is 0.154 e. The molecule has 1 heterocycles. The Bertz CT molecular complexity index is 451. The van der Waals surface area contributed by atoms with Gasteiger partial charge in [-0.1, -0.05) is 12.1 Å². The van der Waals surface area contributed by atoms with Gasteiger partial charge in [0.05, 0.1) is 11.5 Å². The molecule has 0 bridgehead atoms. The molecule has 1 saturated heterocycles. The van der Waals surface area contributed by atoms with Crippen LogP contribution in [0.2, 0.25) is 0 Å². The van der Waals surface area contributed by atoms with Gasteiger partial charge in [-0.2, -0.15) is 0 Å². The summed E-state index contributed by atoms with van der Waals surface area (Å²) < 4.78 is 36.2. The van der Waals surface area contributed by atoms with E-state index in [0.29, 0.717) is 5.56 Å². The van der Waals surface area contributed by atoms with E-state index in [4.69, 9.17) is 0 Å². The van der Waals surface area contributed by atoms with E-state index in [1.54, 1.807) is 0 Å². The predicted molar refractivity (Wildman–Crippen MR) is 60.3 cm³/mol. The normalized spacial score (nSPS) is 17.1. The summed E-state index contributed by atoms with van der Waals surface area (Å²) in [5.41, 5.74) is 0.647. The Morgan fingerprint density at radius 1 is 1.25 bits per heavy atom. The van der Waals surface area contributed by atoms with Crippen molar-refractivity contribution in [2.45, 2.75) is 5.75 Å². The Morgan fingerprint density at radius 3 is 2.38 bits per heavy atom. The van der Waals surface area contributed by atoms with E-state index >= 15 is 0 Å². The summed E-state index contributed by atoms with van der Waals surface area (Å²) in [6.45, 7) is 1.56. The fourth-order valence-electron chi connectivity index (χ4n) is 1.72. The number of benzene rings is 1. The quantitative estimate of drug-likeness (QED) is 0.856. The molecule has 88 valence electrons. The number of nitrogens with one attached hydrogen (secondary N) is 1. The van der Waals surface area contributed by atoms with Crippen LogP contribution in [-0.2, 0) is 15.6 Å². The number of sulfone groups is 1. The first-order chi connectivity index (χ1) is 7.55. The first-order valence-corrected chi connectivity index (χ1v) is 7.03. The molecule has 1 N–H and O–H groups in total. The first-order valence-electron chi connectivity index (χ1n) is 5.21. The molecule has 0 aromatic heterocycles. The average Bonchev–Trinajstić information content (AvgIpc) is 2.16. The van der Waals surface area contributed by atoms with Crippen molar-refractivity contribution >= 4 is 9.84 Å². The van der Waals surface area contributed by atoms with Gasteiger partial charge < -0.3 is 5.32 Å². The summed E-state index contributed by atoms with van der Waals surface area (Å²) >= 11 is 0. The molecule has 0 amide bonds. The number of halogens is 1. The topological polar surface area (TPSA) is 46.2 Å². The van der Waals surface area contributed by atoms with Crippen LogP contribution in [-0.4, -0.2) is 27.3 Å². The minimum Gasteiger partial charge on any atom is -0.316 e. The van der Waals surface area contributed by atoms with Gasteiger partial charge in [0.25, 0.3) is 0 Å². The van der Waals surface area contributed by atoms with E-state index in [1.807, 2.05) is 0 Å². The van der Waals surface area contributed by atoms with Crippen molar-refractivity contribution in [3.63, 3.8) is 0 Å². The summed E-state index contributed by atoms with van der Waals surface area (Å²) in [6, 6.07) is 5.61. The highest BCUT2D eigenvalue weighted by molar-refractivity contribution is 7.90. The van der Waals surface area contributed by atoms with Gasteiger partial charge in [-0.15, -0.1) is 0 Å². The van der Waals surface area contributed by atoms with Crippen molar-refractivity contribution in [2.24, 2.45) is 5.92 Å². The smallest absolute Gasteiger partial charge is 0.154 e. The molecular weight excluding hydrogens is 229 g/mol. The Morgan fingerprint density at radius 2 is 1.88 bits per heavy atom. The largest absolute Gasteiger partial charge is 0.316 e. The SMILES string of the molecule is O=S(=O)(Cc1ccc(F)cc1)CC1CNC1. The van der Waals surface area contributed by atoms with E-state index in [-0.39, 0.29) is 23.2 Å². The minimum absolute atomic E-state index is 0.00375. The summed E-state index contributed by atoms with van der Waals surface area (Å²) in [5.74, 6) is 0.121. The highest BCUT2D eigenvalue weighted by Crippen LogP contribution is 2.13. The van der Waals surface area contributed by atoms with Gasteiger partial charge >= 0.3 is 0 Å². The molecule has 1 fully saturated rings. The minimum atomic E-state index is -3.07. The molecule has 1 aromatic carbocycles. The van der Waals surface area contributed by atoms with E-state index in [0.717, 1.165) is 13.1 Å². The van der Waals surface area contributed by atoms with Crippen molar-refractivity contribution in [3.05, 3.63) is 35.6 Å². The van der Waals surface area contributed by atoms with Crippen LogP contribution in [0.25, 0.3) is 0 Å². The Balaban J connectivity index is 1.99. The molecule has 16 heavy (non-hydrogen) atoms. The van der Waals surface area contributed by atoms with Crippen LogP contribution < -0.4 is 5.32 Å². The van der Waals surface area contributed by atoms with Crippen molar-refractivity contribution in [3.8, 4) is 0 Å². The second kappa shape index (κ2) is 4.51. The lowest BCUT2D eigenvalue weighted by atomic mass is 10.1. The molecule has 1 aromatic rings. The Labute approximate surface area is 94.6 Å². The van der Waals surface area contributed by atoms with Gasteiger partial charge in [0.1, 0.15) is 5.82 Å². The summed E-state index contributed by atoms with van der Waals surface area (Å²) in [7, 11) is -3.07. The summed E-state index contributed by atoms with van der Waals surface area (Å²) in [5, 5.41) is 3.04. The number of hydrogen-bond donors (Lipinski definition) is 1. The fraction of sp³-hybridized carbons (Fsp3) is 0.455. The molecule has 5 heteroatoms. The third-order valence-electron chi connectivity index (χ3n) is 2.66. The van der Waals surface area contributed by atoms with E-state index in [2.05, 4.69) is 5.32 Å². The first kappa shape index (κ1) is 11.5. The van der Waals surface area contributed by atoms with Crippen LogP contribution in [0, 0.1) is 11.7 Å². The van der Waals surface area contributed by atoms with Gasteiger partial charge in [-0.25, -0.2) is 12.8 Å². The summed E-state index contributed by atoms with van der Waals surface area (Å²) in [6.07, 6.45) is 0. The molecule has 0 atom stereocenters. The highest BCUT2D eigenvalue weighted by Gasteiger charge is 2.24. The average molecular weight is 243 g/mol. The second-order valence-corrected chi connectivity index (χ2v) is 6.31. The van der Waals surface area contributed by atoms with Crippen LogP contribution in [0.1, 0.15) is 5.56 Å². The van der Waals surface area contributed by atoms with Crippen molar-refractivity contribution in [1.82, 2.24) is 5.32 Å². The molecule has 3 nitrogen and oxygen atoms in total. The van der Waals surface area contributed by atoms with E-state index in [9.17, 15) is 12.8 Å². The molecule has 2 rings (SSSR count). The van der Waals surface area contributed by atoms with Crippen molar-refractivity contribution in [1.29, 1.82) is 0 Å². The molecule has 0 saturated carbocycles. The maximum atomic E-state index is 12.6. The molecule has 0 aliphatic carbocycles. The van der Waals surface area contributed by atoms with Gasteiger partial charge in [-0.3, -0.25) is 0 Å². The predicted octanol–water partition coefficient (Wildman–Crippen LogP) is 0.960. The van der Waals surface area contributed by atoms with Gasteiger partial charge in [0, 0.05) is 13.1 Å². The molecule has 0 radical (unpaired) electrons. The van der Waals surface area contributed by atoms with Crippen molar-refractivity contribution < 1.29 is 12.8 Å². The zero-order valence-corrected chi connectivity index (χ0v) is 9.63. The zero-order valence-electron chi connectivity index (χ0n) is 8.82. The third-order valence-corrected chi connectivity index (χ3v) is 4.41. The van der Waals surface area contributed by atoms with Gasteiger partial charge in [0.2, 0.25) is 0 Å². The van der Waals surface area contributed by atoms with Crippen LogP contribution in [0.4, 0.5) is 4.39 Å². The highest BCUT2D eigenvalue weighted by atomic mass is 32.2. The lowest BCUT2D eigenvalue weighted by Gasteiger charge is -2.26. The standard InChI is InChI=1S/C11H14FNO2S/c12-11-3-1-9(2-4-11)7-16(14,15)8-10-5-13-6-10/h1-4,10,13H,5-8H2. The van der Waals surface area contributed by atoms with Crippen molar-refractivity contribution in [2.75, 3.05) is 18.8 Å². The number of hydrogen-bond acceptors (Lipinski definition) is 3. The molecule has 0 spiro atoms. The second-order valence-electron chi connectivity index (χ2n) is 4.21. The van der Waals surface area contributed by atoms with Gasteiger partial charge in [-0.05, 0) is 23.6 Å². The molecule has 0 unspecified atom stereocenters. The molecule has 1 aliphatic rings. The van der Waals surface area contributed by atoms with Crippen LogP contribution in [0.5, 0.6) is 0 Å². The lowest BCUT2D eigenvalue weighted by Crippen LogP contribution is -2.45. The fourth-order valence-corrected chi connectivity index (χ4v) is 3.49. The Kier molecular flexibility index (Phi) is 3.25.